The number of rotatable bonds is 7. The van der Waals surface area contributed by atoms with Crippen molar-refractivity contribution in [3.05, 3.63) is 29.3 Å². The molecule has 0 aromatic heterocycles. The van der Waals surface area contributed by atoms with E-state index in [0.29, 0.717) is 6.54 Å². The Morgan fingerprint density at radius 2 is 1.73 bits per heavy atom. The Balaban J connectivity index is 2.69. The molecule has 1 rings (SSSR count). The van der Waals surface area contributed by atoms with Gasteiger partial charge in [0, 0.05) is 13.5 Å². The fourth-order valence-corrected chi connectivity index (χ4v) is 2.40. The van der Waals surface area contributed by atoms with Gasteiger partial charge in [-0.1, -0.05) is 18.2 Å². The van der Waals surface area contributed by atoms with Crippen LogP contribution >= 0.6 is 0 Å². The smallest absolute Gasteiger partial charge is 0.240 e. The average molecular weight is 305 g/mol. The molecule has 0 spiro atoms. The highest BCUT2D eigenvalue weighted by Crippen LogP contribution is 2.24. The largest absolute Gasteiger partial charge is 0.355 e. The van der Waals surface area contributed by atoms with E-state index >= 15 is 0 Å². The van der Waals surface area contributed by atoms with Gasteiger partial charge in [-0.2, -0.15) is 0 Å². The van der Waals surface area contributed by atoms with Gasteiger partial charge >= 0.3 is 0 Å². The first-order chi connectivity index (χ1) is 10.3. The number of benzene rings is 1. The van der Waals surface area contributed by atoms with Gasteiger partial charge in [-0.05, 0) is 52.0 Å². The summed E-state index contributed by atoms with van der Waals surface area (Å²) in [6, 6.07) is 5.86. The summed E-state index contributed by atoms with van der Waals surface area (Å²) in [5, 5.41) is 2.87. The lowest BCUT2D eigenvalue weighted by Gasteiger charge is -2.24. The molecule has 22 heavy (non-hydrogen) atoms. The number of nitrogens with zero attached hydrogens (tertiary/aromatic N) is 2. The number of hydrogen-bond acceptors (Lipinski definition) is 3. The van der Waals surface area contributed by atoms with Gasteiger partial charge in [-0.3, -0.25) is 9.59 Å². The zero-order valence-corrected chi connectivity index (χ0v) is 14.3. The second-order valence-corrected chi connectivity index (χ2v) is 5.85. The van der Waals surface area contributed by atoms with Gasteiger partial charge in [-0.15, -0.1) is 0 Å². The molecular weight excluding hydrogens is 278 g/mol. The SMILES string of the molecule is CC(=O)N(CC(=O)NCCCN(C)C)c1c(C)cccc1C. The first-order valence-corrected chi connectivity index (χ1v) is 7.58. The van der Waals surface area contributed by atoms with Crippen LogP contribution in [0.25, 0.3) is 0 Å². The van der Waals surface area contributed by atoms with Crippen LogP contribution in [0, 0.1) is 13.8 Å². The second kappa shape index (κ2) is 8.54. The van der Waals surface area contributed by atoms with Crippen molar-refractivity contribution in [3.8, 4) is 0 Å². The van der Waals surface area contributed by atoms with Gasteiger partial charge in [0.15, 0.2) is 0 Å². The highest BCUT2D eigenvalue weighted by Gasteiger charge is 2.18. The molecular formula is C17H27N3O2. The Morgan fingerprint density at radius 1 is 1.14 bits per heavy atom. The summed E-state index contributed by atoms with van der Waals surface area (Å²) < 4.78 is 0. The predicted molar refractivity (Wildman–Crippen MR) is 90.1 cm³/mol. The molecule has 0 atom stereocenters. The molecule has 0 unspecified atom stereocenters. The Kier molecular flexibility index (Phi) is 7.05. The Morgan fingerprint density at radius 3 is 2.23 bits per heavy atom. The lowest BCUT2D eigenvalue weighted by molar-refractivity contribution is -0.123. The van der Waals surface area contributed by atoms with E-state index in [1.807, 2.05) is 46.1 Å². The van der Waals surface area contributed by atoms with E-state index in [1.54, 1.807) is 4.90 Å². The van der Waals surface area contributed by atoms with Crippen molar-refractivity contribution in [2.75, 3.05) is 38.6 Å². The van der Waals surface area contributed by atoms with Crippen molar-refractivity contribution >= 4 is 17.5 Å². The fraction of sp³-hybridized carbons (Fsp3) is 0.529. The van der Waals surface area contributed by atoms with E-state index in [0.717, 1.165) is 29.8 Å². The molecule has 1 N–H and O–H groups in total. The Labute approximate surface area is 133 Å². The summed E-state index contributed by atoms with van der Waals surface area (Å²) in [5.41, 5.74) is 2.82. The van der Waals surface area contributed by atoms with Gasteiger partial charge in [0.2, 0.25) is 11.8 Å². The number of aryl methyl sites for hydroxylation is 2. The Hall–Kier alpha value is -1.88. The van der Waals surface area contributed by atoms with E-state index in [9.17, 15) is 9.59 Å². The van der Waals surface area contributed by atoms with Crippen LogP contribution in [0.4, 0.5) is 5.69 Å². The van der Waals surface area contributed by atoms with Crippen LogP contribution in [-0.4, -0.2) is 50.4 Å². The molecule has 122 valence electrons. The summed E-state index contributed by atoms with van der Waals surface area (Å²) in [6.07, 6.45) is 0.891. The first kappa shape index (κ1) is 18.2. The van der Waals surface area contributed by atoms with Crippen molar-refractivity contribution in [2.24, 2.45) is 0 Å². The van der Waals surface area contributed by atoms with Crippen molar-refractivity contribution in [1.82, 2.24) is 10.2 Å². The number of carbonyl (C=O) groups is 2. The topological polar surface area (TPSA) is 52.7 Å². The first-order valence-electron chi connectivity index (χ1n) is 7.58. The van der Waals surface area contributed by atoms with E-state index in [2.05, 4.69) is 10.2 Å². The van der Waals surface area contributed by atoms with Crippen LogP contribution in [0.1, 0.15) is 24.5 Å². The lowest BCUT2D eigenvalue weighted by atomic mass is 10.1. The third kappa shape index (κ3) is 5.48. The standard InChI is InChI=1S/C17H27N3O2/c1-13-8-6-9-14(2)17(13)20(15(3)21)12-16(22)18-10-7-11-19(4)5/h6,8-9H,7,10-12H2,1-5H3,(H,18,22). The van der Waals surface area contributed by atoms with Crippen molar-refractivity contribution in [2.45, 2.75) is 27.2 Å². The predicted octanol–water partition coefficient (Wildman–Crippen LogP) is 1.72. The van der Waals surface area contributed by atoms with Gasteiger partial charge in [0.25, 0.3) is 0 Å². The highest BCUT2D eigenvalue weighted by molar-refractivity contribution is 5.98. The molecule has 0 radical (unpaired) electrons. The van der Waals surface area contributed by atoms with Gasteiger partial charge in [0.1, 0.15) is 6.54 Å². The van der Waals surface area contributed by atoms with Crippen molar-refractivity contribution in [3.63, 3.8) is 0 Å². The molecule has 2 amide bonds. The minimum atomic E-state index is -0.128. The number of amides is 2. The minimum absolute atomic E-state index is 0.0585. The maximum absolute atomic E-state index is 12.1. The maximum atomic E-state index is 12.1. The molecule has 5 heteroatoms. The molecule has 0 fully saturated rings. The maximum Gasteiger partial charge on any atom is 0.240 e. The quantitative estimate of drug-likeness (QED) is 0.781. The molecule has 0 bridgehead atoms. The van der Waals surface area contributed by atoms with Crippen LogP contribution in [0.2, 0.25) is 0 Å². The Bertz CT molecular complexity index is 506. The summed E-state index contributed by atoms with van der Waals surface area (Å²) in [4.78, 5) is 27.6. The third-order valence-electron chi connectivity index (χ3n) is 3.50. The fourth-order valence-electron chi connectivity index (χ4n) is 2.40. The van der Waals surface area contributed by atoms with E-state index in [-0.39, 0.29) is 18.4 Å². The molecule has 0 aliphatic heterocycles. The molecule has 0 saturated heterocycles. The number of hydrogen-bond donors (Lipinski definition) is 1. The molecule has 0 heterocycles. The summed E-state index contributed by atoms with van der Waals surface area (Å²) >= 11 is 0. The van der Waals surface area contributed by atoms with E-state index in [4.69, 9.17) is 0 Å². The van der Waals surface area contributed by atoms with Crippen molar-refractivity contribution in [1.29, 1.82) is 0 Å². The van der Waals surface area contributed by atoms with Crippen LogP contribution in [-0.2, 0) is 9.59 Å². The lowest BCUT2D eigenvalue weighted by Crippen LogP contribution is -2.41. The molecule has 1 aromatic carbocycles. The zero-order valence-electron chi connectivity index (χ0n) is 14.3. The van der Waals surface area contributed by atoms with Crippen molar-refractivity contribution < 1.29 is 9.59 Å². The second-order valence-electron chi connectivity index (χ2n) is 5.85. The normalized spacial score (nSPS) is 10.6. The van der Waals surface area contributed by atoms with Crippen LogP contribution in [0.5, 0.6) is 0 Å². The third-order valence-corrected chi connectivity index (χ3v) is 3.50. The molecule has 5 nitrogen and oxygen atoms in total. The molecule has 0 aliphatic carbocycles. The number of nitrogens with one attached hydrogen (secondary N) is 1. The van der Waals surface area contributed by atoms with Crippen LogP contribution < -0.4 is 10.2 Å². The van der Waals surface area contributed by atoms with Gasteiger partial charge < -0.3 is 15.1 Å². The number of carbonyl (C=O) groups excluding carboxylic acids is 2. The summed E-state index contributed by atoms with van der Waals surface area (Å²) in [7, 11) is 4.00. The van der Waals surface area contributed by atoms with Gasteiger partial charge in [0.05, 0.1) is 5.69 Å². The molecule has 1 aromatic rings. The average Bonchev–Trinajstić information content (AvgIpc) is 2.42. The van der Waals surface area contributed by atoms with E-state index < -0.39 is 0 Å². The summed E-state index contributed by atoms with van der Waals surface area (Å²) in [6.45, 7) is 7.00. The highest BCUT2D eigenvalue weighted by atomic mass is 16.2. The van der Waals surface area contributed by atoms with E-state index in [1.165, 1.54) is 6.92 Å². The molecule has 0 aliphatic rings. The van der Waals surface area contributed by atoms with Crippen LogP contribution in [0.3, 0.4) is 0 Å². The minimum Gasteiger partial charge on any atom is -0.355 e. The monoisotopic (exact) mass is 305 g/mol. The van der Waals surface area contributed by atoms with Crippen LogP contribution in [0.15, 0.2) is 18.2 Å². The summed E-state index contributed by atoms with van der Waals surface area (Å²) in [5.74, 6) is -0.252. The van der Waals surface area contributed by atoms with Gasteiger partial charge in [-0.25, -0.2) is 0 Å². The number of anilines is 1. The number of para-hydroxylation sites is 1. The zero-order chi connectivity index (χ0) is 16.7. The molecule has 0 saturated carbocycles.